The molecule has 3 fully saturated rings. The highest BCUT2D eigenvalue weighted by atomic mass is 16.2. The van der Waals surface area contributed by atoms with Crippen LogP contribution in [0.5, 0.6) is 0 Å². The Hall–Kier alpha value is -4.29. The fraction of sp³-hybridized carbons (Fsp3) is 0.552. The predicted octanol–water partition coefficient (Wildman–Crippen LogP) is 0.603. The molecule has 4 atom stereocenters. The van der Waals surface area contributed by atoms with Crippen LogP contribution in [0, 0.1) is 23.2 Å². The number of rotatable bonds is 12. The number of anilines is 1. The van der Waals surface area contributed by atoms with Crippen LogP contribution in [0.3, 0.4) is 0 Å². The van der Waals surface area contributed by atoms with Crippen LogP contribution in [-0.4, -0.2) is 63.2 Å². The van der Waals surface area contributed by atoms with E-state index in [-0.39, 0.29) is 36.8 Å². The van der Waals surface area contributed by atoms with E-state index in [9.17, 15) is 28.8 Å². The Morgan fingerprint density at radius 3 is 2.55 bits per heavy atom. The second-order valence-corrected chi connectivity index (χ2v) is 11.8. The second-order valence-electron chi connectivity index (χ2n) is 11.8. The lowest BCUT2D eigenvalue weighted by atomic mass is 9.45. The van der Waals surface area contributed by atoms with E-state index < -0.39 is 35.1 Å². The topological polar surface area (TPSA) is 173 Å². The number of nitrogens with one attached hydrogen (secondary N) is 4. The van der Waals surface area contributed by atoms with Crippen LogP contribution in [-0.2, 0) is 32.8 Å². The fourth-order valence-corrected chi connectivity index (χ4v) is 6.24. The van der Waals surface area contributed by atoms with Crippen LogP contribution in [0.15, 0.2) is 35.5 Å². The number of ketones is 1. The van der Waals surface area contributed by atoms with Crippen LogP contribution < -0.4 is 26.8 Å². The Bertz CT molecular complexity index is 1430. The molecule has 42 heavy (non-hydrogen) atoms. The number of aryl methyl sites for hydroxylation is 1. The Labute approximate surface area is 243 Å². The number of nitrogens with zero attached hydrogens (tertiary/aromatic N) is 3. The zero-order valence-corrected chi connectivity index (χ0v) is 24.4. The first kappa shape index (κ1) is 30.7. The summed E-state index contributed by atoms with van der Waals surface area (Å²) in [6.07, 6.45) is 7.38. The van der Waals surface area contributed by atoms with Crippen LogP contribution >= 0.6 is 0 Å². The van der Waals surface area contributed by atoms with Crippen molar-refractivity contribution >= 4 is 35.1 Å². The number of amides is 4. The fourth-order valence-electron chi connectivity index (χ4n) is 6.24. The van der Waals surface area contributed by atoms with Crippen molar-refractivity contribution in [2.24, 2.45) is 30.2 Å². The maximum absolute atomic E-state index is 13.2. The number of hydrogen-bond donors (Lipinski definition) is 4. The third kappa shape index (κ3) is 6.60. The maximum atomic E-state index is 13.2. The predicted molar refractivity (Wildman–Crippen MR) is 153 cm³/mol. The molecule has 0 radical (unpaired) electrons. The van der Waals surface area contributed by atoms with E-state index in [1.807, 2.05) is 0 Å². The molecule has 3 aliphatic carbocycles. The van der Waals surface area contributed by atoms with E-state index in [4.69, 9.17) is 0 Å². The molecule has 0 spiro atoms. The number of fused-ring (bicyclic) bond motifs is 2. The SMILES string of the molecule is CNC(=O)C(=O)CC[C@H](NC(=O)c1nccn1C)C(=O)Nc1cccn(CC(=O)NC[C@@H]2CC[C@H]3C[C@@H]2C3(C)C)c1=O. The number of imidazole rings is 1. The third-order valence-electron chi connectivity index (χ3n) is 8.94. The zero-order chi connectivity index (χ0) is 30.6. The highest BCUT2D eigenvalue weighted by Gasteiger charge is 2.53. The van der Waals surface area contributed by atoms with Gasteiger partial charge in [-0.1, -0.05) is 13.8 Å². The summed E-state index contributed by atoms with van der Waals surface area (Å²) in [7, 11) is 2.92. The standard InChI is InChI=1S/C29H39N7O6/c1-29(2)18-8-7-17(19(29)14-18)15-32-23(38)16-36-12-5-6-21(28(36)42)34-25(39)20(9-10-22(37)26(40)30-3)33-27(41)24-31-11-13-35(24)4/h5-6,11-13,17-20H,7-10,14-16H2,1-4H3,(H,30,40)(H,32,38)(H,33,41)(H,34,39)/t17-,18-,19-,20-/m0/s1. The van der Waals surface area contributed by atoms with Gasteiger partial charge in [-0.2, -0.15) is 0 Å². The van der Waals surface area contributed by atoms with Gasteiger partial charge in [-0.3, -0.25) is 28.8 Å². The lowest BCUT2D eigenvalue weighted by Gasteiger charge is -2.60. The van der Waals surface area contributed by atoms with Crippen molar-refractivity contribution in [3.63, 3.8) is 0 Å². The lowest BCUT2D eigenvalue weighted by Crippen LogP contribution is -2.54. The van der Waals surface area contributed by atoms with Gasteiger partial charge in [-0.05, 0) is 61.0 Å². The Morgan fingerprint density at radius 2 is 1.90 bits per heavy atom. The minimum atomic E-state index is -1.26. The summed E-state index contributed by atoms with van der Waals surface area (Å²) in [6.45, 7) is 4.95. The lowest BCUT2D eigenvalue weighted by molar-refractivity contribution is -0.137. The first-order valence-electron chi connectivity index (χ1n) is 14.2. The van der Waals surface area contributed by atoms with Gasteiger partial charge in [0.2, 0.25) is 17.6 Å². The molecule has 3 aliphatic rings. The molecule has 0 saturated heterocycles. The van der Waals surface area contributed by atoms with Gasteiger partial charge in [0, 0.05) is 45.7 Å². The van der Waals surface area contributed by atoms with Gasteiger partial charge in [0.15, 0.2) is 5.82 Å². The van der Waals surface area contributed by atoms with Crippen LogP contribution in [0.2, 0.25) is 0 Å². The molecule has 2 heterocycles. The second kappa shape index (κ2) is 12.7. The van der Waals surface area contributed by atoms with E-state index in [2.05, 4.69) is 40.1 Å². The van der Waals surface area contributed by atoms with Crippen molar-refractivity contribution in [3.05, 3.63) is 46.9 Å². The van der Waals surface area contributed by atoms with E-state index in [0.29, 0.717) is 23.8 Å². The van der Waals surface area contributed by atoms with Gasteiger partial charge in [-0.25, -0.2) is 4.98 Å². The Morgan fingerprint density at radius 1 is 1.14 bits per heavy atom. The first-order chi connectivity index (χ1) is 19.9. The number of aromatic nitrogens is 3. The van der Waals surface area contributed by atoms with Gasteiger partial charge >= 0.3 is 0 Å². The number of likely N-dealkylation sites (N-methyl/N-ethyl adjacent to an activating group) is 1. The zero-order valence-electron chi connectivity index (χ0n) is 24.4. The van der Waals surface area contributed by atoms with E-state index in [1.54, 1.807) is 13.2 Å². The molecule has 226 valence electrons. The molecule has 2 aromatic rings. The Balaban J connectivity index is 1.40. The number of hydrogen-bond acceptors (Lipinski definition) is 7. The van der Waals surface area contributed by atoms with Crippen molar-refractivity contribution in [1.82, 2.24) is 30.1 Å². The molecule has 2 aromatic heterocycles. The van der Waals surface area contributed by atoms with E-state index in [0.717, 1.165) is 12.3 Å². The van der Waals surface area contributed by atoms with Crippen LogP contribution in [0.1, 0.15) is 56.6 Å². The smallest absolute Gasteiger partial charge is 0.287 e. The minimum absolute atomic E-state index is 0.0347. The first-order valence-corrected chi connectivity index (χ1v) is 14.2. The molecule has 13 heteroatoms. The van der Waals surface area contributed by atoms with Crippen molar-refractivity contribution in [2.45, 2.75) is 58.5 Å². The molecule has 5 rings (SSSR count). The van der Waals surface area contributed by atoms with Gasteiger partial charge in [0.1, 0.15) is 18.3 Å². The number of carbonyl (C=O) groups excluding carboxylic acids is 5. The highest BCUT2D eigenvalue weighted by molar-refractivity contribution is 6.36. The highest BCUT2D eigenvalue weighted by Crippen LogP contribution is 2.61. The van der Waals surface area contributed by atoms with Gasteiger partial charge < -0.3 is 30.4 Å². The number of pyridine rings is 1. The summed E-state index contributed by atoms with van der Waals surface area (Å²) in [6, 6.07) is 1.66. The van der Waals surface area contributed by atoms with Gasteiger partial charge in [0.25, 0.3) is 17.4 Å². The van der Waals surface area contributed by atoms with Crippen molar-refractivity contribution in [2.75, 3.05) is 18.9 Å². The minimum Gasteiger partial charge on any atom is -0.354 e. The van der Waals surface area contributed by atoms with Gasteiger partial charge in [-0.15, -0.1) is 0 Å². The van der Waals surface area contributed by atoms with Crippen molar-refractivity contribution < 1.29 is 24.0 Å². The number of carbonyl (C=O) groups is 5. The molecule has 0 aliphatic heterocycles. The van der Waals surface area contributed by atoms with Crippen molar-refractivity contribution in [3.8, 4) is 0 Å². The van der Waals surface area contributed by atoms with Gasteiger partial charge in [0.05, 0.1) is 0 Å². The summed E-state index contributed by atoms with van der Waals surface area (Å²) >= 11 is 0. The largest absolute Gasteiger partial charge is 0.354 e. The summed E-state index contributed by atoms with van der Waals surface area (Å²) in [5.74, 6) is -1.50. The summed E-state index contributed by atoms with van der Waals surface area (Å²) in [5.41, 5.74) is -0.391. The number of Topliss-reactive ketones (excluding diaryl/α,β-unsaturated/α-hetero) is 1. The van der Waals surface area contributed by atoms with E-state index in [1.165, 1.54) is 53.5 Å². The Kier molecular flexibility index (Phi) is 9.27. The molecule has 13 nitrogen and oxygen atoms in total. The van der Waals surface area contributed by atoms with Crippen LogP contribution in [0.4, 0.5) is 5.69 Å². The molecular weight excluding hydrogens is 542 g/mol. The normalized spacial score (nSPS) is 20.9. The summed E-state index contributed by atoms with van der Waals surface area (Å²) < 4.78 is 2.66. The van der Waals surface area contributed by atoms with E-state index >= 15 is 0 Å². The van der Waals surface area contributed by atoms with Crippen molar-refractivity contribution in [1.29, 1.82) is 0 Å². The molecule has 0 aromatic carbocycles. The molecule has 0 unspecified atom stereocenters. The molecular formula is C29H39N7O6. The maximum Gasteiger partial charge on any atom is 0.287 e. The average Bonchev–Trinajstić information content (AvgIpc) is 3.41. The molecule has 2 bridgehead atoms. The average molecular weight is 582 g/mol. The molecule has 4 N–H and O–H groups in total. The third-order valence-corrected chi connectivity index (χ3v) is 8.94. The van der Waals surface area contributed by atoms with Crippen LogP contribution in [0.25, 0.3) is 0 Å². The summed E-state index contributed by atoms with van der Waals surface area (Å²) in [5, 5.41) is 10.2. The summed E-state index contributed by atoms with van der Waals surface area (Å²) in [4.78, 5) is 79.5. The molecule has 4 amide bonds. The monoisotopic (exact) mass is 581 g/mol. The molecule has 3 saturated carbocycles. The quantitative estimate of drug-likeness (QED) is 0.266.